The minimum Gasteiger partial charge on any atom is -0.278 e. The summed E-state index contributed by atoms with van der Waals surface area (Å²) in [6, 6.07) is 1.86. The van der Waals surface area contributed by atoms with Crippen LogP contribution in [0.15, 0.2) is 29.3 Å². The summed E-state index contributed by atoms with van der Waals surface area (Å²) in [5.41, 5.74) is 0. The van der Waals surface area contributed by atoms with E-state index in [-0.39, 0.29) is 24.8 Å². The minimum absolute atomic E-state index is 0. The van der Waals surface area contributed by atoms with Crippen molar-refractivity contribution in [2.75, 3.05) is 0 Å². The van der Waals surface area contributed by atoms with E-state index >= 15 is 0 Å². The van der Waals surface area contributed by atoms with Gasteiger partial charge in [-0.3, -0.25) is 4.40 Å². The van der Waals surface area contributed by atoms with E-state index in [1.807, 2.05) is 16.7 Å². The van der Waals surface area contributed by atoms with Gasteiger partial charge >= 0.3 is 0 Å². The van der Waals surface area contributed by atoms with Crippen LogP contribution >= 0.6 is 40.7 Å². The molecular formula is C6H6BrCl2N3. The summed E-state index contributed by atoms with van der Waals surface area (Å²) >= 11 is 3.33. The SMILES string of the molecule is Brc1cnc2ncccn12.Cl.Cl. The molecule has 2 heterocycles. The molecule has 0 unspecified atom stereocenters. The van der Waals surface area contributed by atoms with Gasteiger partial charge in [-0.1, -0.05) is 0 Å². The molecule has 0 fully saturated rings. The summed E-state index contributed by atoms with van der Waals surface area (Å²) in [4.78, 5) is 8.05. The molecule has 6 heteroatoms. The van der Waals surface area contributed by atoms with E-state index in [1.165, 1.54) is 0 Å². The van der Waals surface area contributed by atoms with E-state index in [0.29, 0.717) is 0 Å². The first-order valence-corrected chi connectivity index (χ1v) is 3.61. The fraction of sp³-hybridized carbons (Fsp3) is 0. The van der Waals surface area contributed by atoms with Gasteiger partial charge in [0.2, 0.25) is 5.78 Å². The molecule has 66 valence electrons. The fourth-order valence-corrected chi connectivity index (χ4v) is 1.18. The number of rotatable bonds is 0. The Kier molecular flexibility index (Phi) is 4.52. The average Bonchev–Trinajstić information content (AvgIpc) is 2.34. The van der Waals surface area contributed by atoms with E-state index < -0.39 is 0 Å². The quantitative estimate of drug-likeness (QED) is 0.736. The van der Waals surface area contributed by atoms with Crippen LogP contribution in [0.5, 0.6) is 0 Å². The zero-order valence-corrected chi connectivity index (χ0v) is 9.06. The lowest BCUT2D eigenvalue weighted by atomic mass is 10.7. The van der Waals surface area contributed by atoms with Crippen molar-refractivity contribution < 1.29 is 0 Å². The van der Waals surface area contributed by atoms with Crippen LogP contribution in [-0.4, -0.2) is 14.4 Å². The van der Waals surface area contributed by atoms with Crippen LogP contribution in [0.2, 0.25) is 0 Å². The molecule has 2 rings (SSSR count). The molecule has 0 saturated heterocycles. The third-order valence-corrected chi connectivity index (χ3v) is 1.83. The maximum atomic E-state index is 4.02. The van der Waals surface area contributed by atoms with Crippen LogP contribution < -0.4 is 0 Å². The highest BCUT2D eigenvalue weighted by Gasteiger charge is 1.96. The smallest absolute Gasteiger partial charge is 0.234 e. The second-order valence-corrected chi connectivity index (χ2v) is 2.68. The number of hydrogen-bond acceptors (Lipinski definition) is 2. The first-order valence-electron chi connectivity index (χ1n) is 2.81. The van der Waals surface area contributed by atoms with E-state index in [9.17, 15) is 0 Å². The molecule has 3 nitrogen and oxygen atoms in total. The Balaban J connectivity index is 0.000000605. The Labute approximate surface area is 90.2 Å². The number of hydrogen-bond donors (Lipinski definition) is 0. The van der Waals surface area contributed by atoms with Crippen LogP contribution in [0.3, 0.4) is 0 Å². The molecule has 0 amide bonds. The van der Waals surface area contributed by atoms with Gasteiger partial charge in [-0.25, -0.2) is 9.97 Å². The molecular weight excluding hydrogens is 265 g/mol. The van der Waals surface area contributed by atoms with Crippen molar-refractivity contribution in [1.82, 2.24) is 14.4 Å². The second kappa shape index (κ2) is 4.64. The topological polar surface area (TPSA) is 30.2 Å². The van der Waals surface area contributed by atoms with Crippen molar-refractivity contribution in [3.8, 4) is 0 Å². The maximum absolute atomic E-state index is 4.02. The predicted octanol–water partition coefficient (Wildman–Crippen LogP) is 2.34. The Morgan fingerprint density at radius 3 is 2.67 bits per heavy atom. The standard InChI is InChI=1S/C6H4BrN3.2ClH/c7-5-4-9-6-8-2-1-3-10(5)6;;/h1-4H;2*1H. The molecule has 0 aliphatic heterocycles. The van der Waals surface area contributed by atoms with E-state index in [0.717, 1.165) is 10.4 Å². The maximum Gasteiger partial charge on any atom is 0.234 e. The van der Waals surface area contributed by atoms with Gasteiger partial charge in [0, 0.05) is 12.4 Å². The zero-order valence-electron chi connectivity index (χ0n) is 5.85. The normalized spacial score (nSPS) is 8.75. The van der Waals surface area contributed by atoms with Crippen LogP contribution in [0, 0.1) is 0 Å². The Morgan fingerprint density at radius 2 is 2.00 bits per heavy atom. The summed E-state index contributed by atoms with van der Waals surface area (Å²) < 4.78 is 2.79. The fourth-order valence-electron chi connectivity index (χ4n) is 0.799. The number of aromatic nitrogens is 3. The van der Waals surface area contributed by atoms with Crippen molar-refractivity contribution in [1.29, 1.82) is 0 Å². The summed E-state index contributed by atoms with van der Waals surface area (Å²) in [6.45, 7) is 0. The number of imidazole rings is 1. The molecule has 2 aromatic heterocycles. The van der Waals surface area contributed by atoms with Crippen molar-refractivity contribution in [3.63, 3.8) is 0 Å². The van der Waals surface area contributed by atoms with Gasteiger partial charge in [0.15, 0.2) is 0 Å². The third kappa shape index (κ3) is 1.88. The van der Waals surface area contributed by atoms with Gasteiger partial charge in [-0.2, -0.15) is 0 Å². The third-order valence-electron chi connectivity index (χ3n) is 1.24. The predicted molar refractivity (Wildman–Crippen MR) is 55.2 cm³/mol. The largest absolute Gasteiger partial charge is 0.278 e. The number of nitrogens with zero attached hydrogens (tertiary/aromatic N) is 3. The lowest BCUT2D eigenvalue weighted by Crippen LogP contribution is -1.84. The molecule has 2 aromatic rings. The molecule has 0 saturated carbocycles. The van der Waals surface area contributed by atoms with Gasteiger partial charge in [-0.15, -0.1) is 24.8 Å². The number of halogens is 3. The molecule has 0 aliphatic rings. The van der Waals surface area contributed by atoms with Crippen molar-refractivity contribution >= 4 is 46.5 Å². The lowest BCUT2D eigenvalue weighted by Gasteiger charge is -1.89. The molecule has 0 spiro atoms. The van der Waals surface area contributed by atoms with Gasteiger partial charge in [0.05, 0.1) is 6.20 Å². The molecule has 0 aromatic carbocycles. The van der Waals surface area contributed by atoms with E-state index in [1.54, 1.807) is 12.4 Å². The summed E-state index contributed by atoms with van der Waals surface area (Å²) in [7, 11) is 0. The highest BCUT2D eigenvalue weighted by atomic mass is 79.9. The highest BCUT2D eigenvalue weighted by molar-refractivity contribution is 9.10. The van der Waals surface area contributed by atoms with Crippen molar-refractivity contribution in [2.45, 2.75) is 0 Å². The Hall–Kier alpha value is -0.320. The van der Waals surface area contributed by atoms with Crippen LogP contribution in [0.25, 0.3) is 5.78 Å². The average molecular weight is 271 g/mol. The molecule has 0 bridgehead atoms. The van der Waals surface area contributed by atoms with Crippen LogP contribution in [-0.2, 0) is 0 Å². The molecule has 12 heavy (non-hydrogen) atoms. The monoisotopic (exact) mass is 269 g/mol. The lowest BCUT2D eigenvalue weighted by molar-refractivity contribution is 1.09. The van der Waals surface area contributed by atoms with Crippen molar-refractivity contribution in [3.05, 3.63) is 29.3 Å². The number of fused-ring (bicyclic) bond motifs is 1. The first kappa shape index (κ1) is 11.7. The molecule has 0 N–H and O–H groups in total. The molecule has 0 radical (unpaired) electrons. The minimum atomic E-state index is 0. The molecule has 0 aliphatic carbocycles. The highest BCUT2D eigenvalue weighted by Crippen LogP contribution is 2.09. The first-order chi connectivity index (χ1) is 4.88. The van der Waals surface area contributed by atoms with Crippen LogP contribution in [0.4, 0.5) is 0 Å². The second-order valence-electron chi connectivity index (χ2n) is 1.87. The zero-order chi connectivity index (χ0) is 6.97. The van der Waals surface area contributed by atoms with Gasteiger partial charge in [-0.05, 0) is 22.0 Å². The summed E-state index contributed by atoms with van der Waals surface area (Å²) in [5.74, 6) is 0.717. The Bertz CT molecular complexity index is 362. The summed E-state index contributed by atoms with van der Waals surface area (Å²) in [6.07, 6.45) is 5.34. The van der Waals surface area contributed by atoms with Crippen LogP contribution in [0.1, 0.15) is 0 Å². The van der Waals surface area contributed by atoms with Crippen molar-refractivity contribution in [2.24, 2.45) is 0 Å². The molecule has 0 atom stereocenters. The Morgan fingerprint density at radius 1 is 1.25 bits per heavy atom. The van der Waals surface area contributed by atoms with Gasteiger partial charge in [0.25, 0.3) is 0 Å². The van der Waals surface area contributed by atoms with Gasteiger partial charge in [0.1, 0.15) is 4.60 Å². The van der Waals surface area contributed by atoms with E-state index in [4.69, 9.17) is 0 Å². The van der Waals surface area contributed by atoms with E-state index in [2.05, 4.69) is 25.9 Å². The summed E-state index contributed by atoms with van der Waals surface area (Å²) in [5, 5.41) is 0. The van der Waals surface area contributed by atoms with Gasteiger partial charge < -0.3 is 0 Å².